The number of benzene rings is 5. The van der Waals surface area contributed by atoms with Crippen LogP contribution in [0.2, 0.25) is 0 Å². The molecule has 5 aromatic carbocycles. The first-order valence-electron chi connectivity index (χ1n) is 17.0. The fraction of sp³-hybridized carbons (Fsp3) is 0.222. The average molecular weight is 624 g/mol. The van der Waals surface area contributed by atoms with Crippen LogP contribution in [0, 0.1) is 16.7 Å². The van der Waals surface area contributed by atoms with Gasteiger partial charge in [-0.25, -0.2) is 0 Å². The molecule has 8 rings (SSSR count). The van der Waals surface area contributed by atoms with Gasteiger partial charge in [-0.2, -0.15) is 5.26 Å². The molecule has 6 aromatic rings. The number of aromatic nitrogens is 1. The van der Waals surface area contributed by atoms with Crippen LogP contribution in [0.3, 0.4) is 0 Å². The fourth-order valence-electron chi connectivity index (χ4n) is 7.67. The molecular formula is C45H41N3. The summed E-state index contributed by atoms with van der Waals surface area (Å²) >= 11 is 0. The van der Waals surface area contributed by atoms with Crippen molar-refractivity contribution >= 4 is 33.2 Å². The molecule has 0 saturated carbocycles. The van der Waals surface area contributed by atoms with Crippen molar-refractivity contribution in [3.63, 3.8) is 0 Å². The van der Waals surface area contributed by atoms with Crippen molar-refractivity contribution < 1.29 is 0 Å². The molecule has 2 unspecified atom stereocenters. The SMILES string of the molecule is CC(C)(C)C1=CC2c3ccccc3N(c3cc(-c4cccc(C#N)c4)cc(-n4c5ccccc5c5cc(C(C)(C)C)ccc54)c3)C2C=C1. The predicted octanol–water partition coefficient (Wildman–Crippen LogP) is 11.8. The fourth-order valence-corrected chi connectivity index (χ4v) is 7.67. The van der Waals surface area contributed by atoms with Gasteiger partial charge in [-0.3, -0.25) is 0 Å². The van der Waals surface area contributed by atoms with E-state index in [2.05, 4.69) is 166 Å². The minimum Gasteiger partial charge on any atom is -0.333 e. The molecule has 1 aliphatic carbocycles. The molecule has 2 atom stereocenters. The van der Waals surface area contributed by atoms with Crippen molar-refractivity contribution in [2.45, 2.75) is 58.9 Å². The van der Waals surface area contributed by atoms with Crippen LogP contribution in [0.5, 0.6) is 0 Å². The molecule has 0 amide bonds. The Kier molecular flexibility index (Phi) is 6.79. The van der Waals surface area contributed by atoms with Crippen molar-refractivity contribution in [1.82, 2.24) is 4.57 Å². The minimum absolute atomic E-state index is 0.0464. The lowest BCUT2D eigenvalue weighted by atomic mass is 9.78. The first kappa shape index (κ1) is 30.0. The highest BCUT2D eigenvalue weighted by Gasteiger charge is 2.39. The van der Waals surface area contributed by atoms with E-state index in [0.717, 1.165) is 22.5 Å². The summed E-state index contributed by atoms with van der Waals surface area (Å²) in [5.41, 5.74) is 12.8. The van der Waals surface area contributed by atoms with Crippen LogP contribution in [-0.2, 0) is 5.41 Å². The smallest absolute Gasteiger partial charge is 0.0991 e. The van der Waals surface area contributed by atoms with Crippen molar-refractivity contribution in [2.75, 3.05) is 4.90 Å². The van der Waals surface area contributed by atoms with Gasteiger partial charge in [0.2, 0.25) is 0 Å². The van der Waals surface area contributed by atoms with E-state index in [1.165, 1.54) is 44.2 Å². The van der Waals surface area contributed by atoms with Crippen LogP contribution in [0.25, 0.3) is 38.6 Å². The second-order valence-corrected chi connectivity index (χ2v) is 15.4. The highest BCUT2D eigenvalue weighted by atomic mass is 15.2. The zero-order valence-corrected chi connectivity index (χ0v) is 28.6. The van der Waals surface area contributed by atoms with Gasteiger partial charge in [0, 0.05) is 33.8 Å². The van der Waals surface area contributed by atoms with E-state index < -0.39 is 0 Å². The summed E-state index contributed by atoms with van der Waals surface area (Å²) in [6, 6.07) is 42.0. The van der Waals surface area contributed by atoms with E-state index >= 15 is 0 Å². The molecule has 0 radical (unpaired) electrons. The second kappa shape index (κ2) is 10.9. The highest BCUT2D eigenvalue weighted by molar-refractivity contribution is 6.09. The monoisotopic (exact) mass is 623 g/mol. The van der Waals surface area contributed by atoms with E-state index in [0.29, 0.717) is 5.56 Å². The predicted molar refractivity (Wildman–Crippen MR) is 201 cm³/mol. The molecule has 48 heavy (non-hydrogen) atoms. The summed E-state index contributed by atoms with van der Waals surface area (Å²) in [4.78, 5) is 2.53. The zero-order chi connectivity index (χ0) is 33.4. The summed E-state index contributed by atoms with van der Waals surface area (Å²) in [5.74, 6) is 0.263. The summed E-state index contributed by atoms with van der Waals surface area (Å²) in [6.45, 7) is 13.7. The molecule has 0 spiro atoms. The van der Waals surface area contributed by atoms with E-state index in [1.807, 2.05) is 18.2 Å². The molecule has 3 nitrogen and oxygen atoms in total. The largest absolute Gasteiger partial charge is 0.333 e. The van der Waals surface area contributed by atoms with Gasteiger partial charge in [-0.05, 0) is 93.3 Å². The summed E-state index contributed by atoms with van der Waals surface area (Å²) in [5, 5.41) is 12.3. The highest BCUT2D eigenvalue weighted by Crippen LogP contribution is 2.50. The number of para-hydroxylation sites is 2. The molecule has 0 fully saturated rings. The van der Waals surface area contributed by atoms with E-state index in [4.69, 9.17) is 0 Å². The summed E-state index contributed by atoms with van der Waals surface area (Å²) < 4.78 is 2.42. The van der Waals surface area contributed by atoms with Crippen LogP contribution in [0.1, 0.15) is 64.2 Å². The van der Waals surface area contributed by atoms with Crippen LogP contribution < -0.4 is 4.90 Å². The normalized spacial score (nSPS) is 17.4. The number of rotatable bonds is 3. The lowest BCUT2D eigenvalue weighted by Gasteiger charge is -2.33. The second-order valence-electron chi connectivity index (χ2n) is 15.4. The molecule has 2 heterocycles. The molecule has 236 valence electrons. The topological polar surface area (TPSA) is 32.0 Å². The molecule has 0 N–H and O–H groups in total. The Balaban J connectivity index is 1.39. The van der Waals surface area contributed by atoms with Crippen molar-refractivity contribution in [3.05, 3.63) is 150 Å². The maximum atomic E-state index is 9.80. The number of anilines is 2. The van der Waals surface area contributed by atoms with Gasteiger partial charge in [-0.15, -0.1) is 0 Å². The van der Waals surface area contributed by atoms with E-state index in [9.17, 15) is 5.26 Å². The number of nitriles is 1. The molecule has 2 aliphatic rings. The van der Waals surface area contributed by atoms with Gasteiger partial charge >= 0.3 is 0 Å². The molecular weight excluding hydrogens is 583 g/mol. The Hall–Kier alpha value is -5.33. The standard InChI is InChI=1S/C45H41N3/c1-44(2,3)32-18-20-42-38(25-32)36-14-7-9-16-40(36)47(42)34-23-31(30-13-11-12-29(22-30)28-46)24-35(27-34)48-41-17-10-8-15-37(41)39-26-33(45(4,5)6)19-21-43(39)48/h7-27,38,42H,1-6H3. The lowest BCUT2D eigenvalue weighted by molar-refractivity contribution is 0.507. The maximum absolute atomic E-state index is 9.80. The number of allylic oxidation sites excluding steroid dienone is 2. The maximum Gasteiger partial charge on any atom is 0.0991 e. The lowest BCUT2D eigenvalue weighted by Crippen LogP contribution is -2.30. The van der Waals surface area contributed by atoms with Crippen LogP contribution in [-0.4, -0.2) is 10.6 Å². The Morgan fingerprint density at radius 1 is 0.646 bits per heavy atom. The Morgan fingerprint density at radius 3 is 2.19 bits per heavy atom. The minimum atomic E-state index is 0.0464. The van der Waals surface area contributed by atoms with Gasteiger partial charge in [0.05, 0.1) is 28.7 Å². The molecule has 0 bridgehead atoms. The van der Waals surface area contributed by atoms with Crippen LogP contribution in [0.15, 0.2) is 133 Å². The van der Waals surface area contributed by atoms with Gasteiger partial charge in [0.1, 0.15) is 0 Å². The summed E-state index contributed by atoms with van der Waals surface area (Å²) in [6.07, 6.45) is 7.23. The molecule has 1 aliphatic heterocycles. The van der Waals surface area contributed by atoms with Gasteiger partial charge in [0.15, 0.2) is 0 Å². The Labute approximate surface area is 284 Å². The van der Waals surface area contributed by atoms with E-state index in [1.54, 1.807) is 0 Å². The van der Waals surface area contributed by atoms with Crippen molar-refractivity contribution in [3.8, 4) is 22.9 Å². The number of nitrogens with zero attached hydrogens (tertiary/aromatic N) is 3. The third kappa shape index (κ3) is 4.87. The Bertz CT molecular complexity index is 2350. The number of hydrogen-bond donors (Lipinski definition) is 0. The van der Waals surface area contributed by atoms with Crippen LogP contribution in [0.4, 0.5) is 11.4 Å². The average Bonchev–Trinajstić information content (AvgIpc) is 3.59. The first-order chi connectivity index (χ1) is 23.0. The zero-order valence-electron chi connectivity index (χ0n) is 28.6. The van der Waals surface area contributed by atoms with Crippen molar-refractivity contribution in [2.24, 2.45) is 5.41 Å². The molecule has 1 aromatic heterocycles. The van der Waals surface area contributed by atoms with Gasteiger partial charge in [0.25, 0.3) is 0 Å². The van der Waals surface area contributed by atoms with E-state index in [-0.39, 0.29) is 22.8 Å². The van der Waals surface area contributed by atoms with Gasteiger partial charge < -0.3 is 9.47 Å². The summed E-state index contributed by atoms with van der Waals surface area (Å²) in [7, 11) is 0. The van der Waals surface area contributed by atoms with Gasteiger partial charge in [-0.1, -0.05) is 114 Å². The number of hydrogen-bond acceptors (Lipinski definition) is 2. The van der Waals surface area contributed by atoms with Crippen LogP contribution >= 0.6 is 0 Å². The number of fused-ring (bicyclic) bond motifs is 6. The quantitative estimate of drug-likeness (QED) is 0.196. The molecule has 3 heteroatoms. The van der Waals surface area contributed by atoms with Crippen molar-refractivity contribution in [1.29, 1.82) is 5.26 Å². The molecule has 0 saturated heterocycles. The third-order valence-corrected chi connectivity index (χ3v) is 10.2. The first-order valence-corrected chi connectivity index (χ1v) is 17.0. The third-order valence-electron chi connectivity index (χ3n) is 10.2. The Morgan fingerprint density at radius 2 is 1.40 bits per heavy atom.